The third-order valence-corrected chi connectivity index (χ3v) is 7.45. The number of nitrogens with zero attached hydrogens (tertiary/aromatic N) is 1. The van der Waals surface area contributed by atoms with Crippen LogP contribution in [0, 0.1) is 0 Å². The van der Waals surface area contributed by atoms with Crippen LogP contribution in [0.3, 0.4) is 0 Å². The summed E-state index contributed by atoms with van der Waals surface area (Å²) in [6, 6.07) is 12.1. The minimum atomic E-state index is -4.45. The number of thiophene rings is 1. The summed E-state index contributed by atoms with van der Waals surface area (Å²) in [6.45, 7) is 3.75. The van der Waals surface area contributed by atoms with E-state index in [0.29, 0.717) is 22.6 Å². The summed E-state index contributed by atoms with van der Waals surface area (Å²) >= 11 is 0.603. The number of aromatic amines is 1. The number of rotatable bonds is 4. The summed E-state index contributed by atoms with van der Waals surface area (Å²) in [5.74, 6) is 1.37. The van der Waals surface area contributed by atoms with E-state index in [1.807, 2.05) is 50.3 Å². The van der Waals surface area contributed by atoms with Crippen molar-refractivity contribution < 1.29 is 22.8 Å². The molecule has 0 atom stereocenters. The van der Waals surface area contributed by atoms with Gasteiger partial charge in [-0.3, -0.25) is 4.79 Å². The van der Waals surface area contributed by atoms with Crippen LogP contribution >= 0.6 is 11.3 Å². The van der Waals surface area contributed by atoms with Crippen LogP contribution in [0.2, 0.25) is 0 Å². The lowest BCUT2D eigenvalue weighted by atomic mass is 9.79. The van der Waals surface area contributed by atoms with E-state index in [1.54, 1.807) is 17.0 Å². The predicted octanol–water partition coefficient (Wildman–Crippen LogP) is 6.03. The van der Waals surface area contributed by atoms with Crippen LogP contribution in [0.5, 0.6) is 0 Å². The Morgan fingerprint density at radius 2 is 1.91 bits per heavy atom. The van der Waals surface area contributed by atoms with Crippen molar-refractivity contribution in [3.8, 4) is 11.1 Å². The molecule has 2 aromatic carbocycles. The molecule has 0 radical (unpaired) electrons. The van der Waals surface area contributed by atoms with E-state index in [4.69, 9.17) is 5.73 Å². The molecule has 0 fully saturated rings. The van der Waals surface area contributed by atoms with Crippen molar-refractivity contribution in [1.82, 2.24) is 4.98 Å². The molecule has 0 aliphatic carbocycles. The fourth-order valence-electron chi connectivity index (χ4n) is 4.86. The number of carbonyl (C=O) groups excluding carboxylic acids is 2. The number of fused-ring (bicyclic) bond motifs is 2. The first kappa shape index (κ1) is 23.0. The second kappa shape index (κ2) is 7.86. The van der Waals surface area contributed by atoms with Crippen molar-refractivity contribution in [3.63, 3.8) is 0 Å². The van der Waals surface area contributed by atoms with Gasteiger partial charge in [-0.05, 0) is 60.2 Å². The number of primary amides is 1. The highest BCUT2D eigenvalue weighted by Gasteiger charge is 2.44. The second-order valence-corrected chi connectivity index (χ2v) is 9.92. The lowest BCUT2D eigenvalue weighted by Crippen LogP contribution is -2.26. The maximum absolute atomic E-state index is 13.2. The summed E-state index contributed by atoms with van der Waals surface area (Å²) in [5.41, 5.74) is 9.50. The highest BCUT2D eigenvalue weighted by atomic mass is 32.1. The molecule has 0 saturated heterocycles. The Balaban J connectivity index is 1.74. The first-order valence-corrected chi connectivity index (χ1v) is 11.6. The molecule has 0 saturated carbocycles. The summed E-state index contributed by atoms with van der Waals surface area (Å²) < 4.78 is 39.5. The third-order valence-electron chi connectivity index (χ3n) is 6.43. The predicted molar refractivity (Wildman–Crippen MR) is 130 cm³/mol. The zero-order chi connectivity index (χ0) is 25.1. The Hall–Kier alpha value is -3.81. The number of hydrogen-bond donors (Lipinski definition) is 2. The Bertz CT molecular complexity index is 1540. The number of H-pyrrole nitrogens is 1. The first-order chi connectivity index (χ1) is 16.5. The number of nitrogens with one attached hydrogen (secondary N) is 1. The molecule has 3 N–H and O–H groups in total. The molecule has 0 bridgehead atoms. The number of hydrogen-bond acceptors (Lipinski definition) is 4. The van der Waals surface area contributed by atoms with Crippen LogP contribution in [0.1, 0.15) is 40.2 Å². The number of aromatic nitrogens is 1. The van der Waals surface area contributed by atoms with Crippen LogP contribution in [0.4, 0.5) is 18.9 Å². The quantitative estimate of drug-likeness (QED) is 0.340. The van der Waals surface area contributed by atoms with Crippen LogP contribution in [-0.4, -0.2) is 16.8 Å². The first-order valence-electron chi connectivity index (χ1n) is 10.7. The SMILES string of the molecule is CC1(C)C(=C=O)N(Cc2csc(C(F)(F)F)c2)c2cc(C(N)=O)cc(-c3c[nH]c4ccccc34)c21. The van der Waals surface area contributed by atoms with Gasteiger partial charge in [-0.1, -0.05) is 18.2 Å². The van der Waals surface area contributed by atoms with E-state index in [2.05, 4.69) is 4.98 Å². The van der Waals surface area contributed by atoms with E-state index in [1.165, 1.54) is 5.38 Å². The number of anilines is 1. The molecule has 1 aliphatic rings. The Kier molecular flexibility index (Phi) is 5.16. The minimum absolute atomic E-state index is 0.0170. The highest BCUT2D eigenvalue weighted by Crippen LogP contribution is 2.52. The van der Waals surface area contributed by atoms with E-state index in [-0.39, 0.29) is 17.8 Å². The van der Waals surface area contributed by atoms with Gasteiger partial charge in [-0.25, -0.2) is 4.79 Å². The maximum atomic E-state index is 13.2. The molecule has 5 nitrogen and oxygen atoms in total. The van der Waals surface area contributed by atoms with Crippen LogP contribution in [0.15, 0.2) is 59.7 Å². The van der Waals surface area contributed by atoms with Crippen molar-refractivity contribution in [2.24, 2.45) is 5.73 Å². The van der Waals surface area contributed by atoms with Gasteiger partial charge in [0.1, 0.15) is 16.5 Å². The van der Waals surface area contributed by atoms with Crippen LogP contribution in [-0.2, 0) is 22.9 Å². The van der Waals surface area contributed by atoms with Gasteiger partial charge >= 0.3 is 6.18 Å². The van der Waals surface area contributed by atoms with Gasteiger partial charge in [-0.2, -0.15) is 13.2 Å². The molecule has 0 unspecified atom stereocenters. The molecule has 9 heteroatoms. The molecule has 3 heterocycles. The molecule has 0 spiro atoms. The second-order valence-electron chi connectivity index (χ2n) is 9.01. The molecule has 2 aromatic heterocycles. The van der Waals surface area contributed by atoms with Gasteiger partial charge in [-0.15, -0.1) is 11.3 Å². The van der Waals surface area contributed by atoms with Crippen molar-refractivity contribution in [2.75, 3.05) is 4.90 Å². The minimum Gasteiger partial charge on any atom is -0.366 e. The van der Waals surface area contributed by atoms with Gasteiger partial charge in [0.25, 0.3) is 0 Å². The van der Waals surface area contributed by atoms with E-state index >= 15 is 0 Å². The van der Waals surface area contributed by atoms with Crippen molar-refractivity contribution >= 4 is 39.8 Å². The fraction of sp³-hybridized carbons (Fsp3) is 0.192. The number of carbonyl (C=O) groups is 1. The zero-order valence-electron chi connectivity index (χ0n) is 18.8. The van der Waals surface area contributed by atoms with Gasteiger partial charge in [0.05, 0.1) is 0 Å². The molecular weight excluding hydrogens is 475 g/mol. The fourth-order valence-corrected chi connectivity index (χ4v) is 5.63. The number of amides is 1. The zero-order valence-corrected chi connectivity index (χ0v) is 19.6. The number of nitrogens with two attached hydrogens (primary N) is 1. The Morgan fingerprint density at radius 3 is 2.57 bits per heavy atom. The lowest BCUT2D eigenvalue weighted by molar-refractivity contribution is -0.134. The molecule has 35 heavy (non-hydrogen) atoms. The molecule has 178 valence electrons. The summed E-state index contributed by atoms with van der Waals surface area (Å²) in [7, 11) is 0. The lowest BCUT2D eigenvalue weighted by Gasteiger charge is -2.23. The summed E-state index contributed by atoms with van der Waals surface area (Å²) in [5, 5.41) is 2.35. The monoisotopic (exact) mass is 495 g/mol. The number of para-hydroxylation sites is 1. The number of benzene rings is 2. The number of halogens is 3. The highest BCUT2D eigenvalue weighted by molar-refractivity contribution is 7.10. The molecule has 5 rings (SSSR count). The van der Waals surface area contributed by atoms with Gasteiger partial charge in [0.15, 0.2) is 0 Å². The van der Waals surface area contributed by atoms with Gasteiger partial charge in [0, 0.05) is 45.9 Å². The van der Waals surface area contributed by atoms with Crippen molar-refractivity contribution in [3.05, 3.63) is 81.3 Å². The van der Waals surface area contributed by atoms with E-state index in [0.717, 1.165) is 33.7 Å². The van der Waals surface area contributed by atoms with E-state index < -0.39 is 22.4 Å². The number of alkyl halides is 3. The number of allylic oxidation sites excluding steroid dienone is 1. The van der Waals surface area contributed by atoms with Crippen molar-refractivity contribution in [1.29, 1.82) is 0 Å². The average molecular weight is 496 g/mol. The largest absolute Gasteiger partial charge is 0.425 e. The van der Waals surface area contributed by atoms with Crippen molar-refractivity contribution in [2.45, 2.75) is 32.0 Å². The molecular formula is C26H20F3N3O2S. The summed E-state index contributed by atoms with van der Waals surface area (Å²) in [6.07, 6.45) is -2.61. The molecule has 1 amide bonds. The topological polar surface area (TPSA) is 79.2 Å². The Morgan fingerprint density at radius 1 is 1.17 bits per heavy atom. The van der Waals surface area contributed by atoms with Crippen LogP contribution < -0.4 is 10.6 Å². The standard InChI is InChI=1S/C26H20F3N3O2S/c1-25(2)21(12-33)32(11-14-7-22(35-13-14)26(27,28)29)20-9-15(24(30)34)8-17(23(20)25)18-10-31-19-6-4-3-5-16(18)19/h3-10,13,31H,11H2,1-2H3,(H2,30,34). The average Bonchev–Trinajstić information content (AvgIpc) is 3.49. The summed E-state index contributed by atoms with van der Waals surface area (Å²) in [4.78, 5) is 28.6. The molecule has 1 aliphatic heterocycles. The molecule has 4 aromatic rings. The van der Waals surface area contributed by atoms with E-state index in [9.17, 15) is 22.8 Å². The Labute approximate surface area is 202 Å². The maximum Gasteiger partial charge on any atom is 0.425 e. The third kappa shape index (κ3) is 3.64. The van der Waals surface area contributed by atoms with Gasteiger partial charge in [0.2, 0.25) is 5.91 Å². The van der Waals surface area contributed by atoms with Crippen LogP contribution in [0.25, 0.3) is 22.0 Å². The van der Waals surface area contributed by atoms with Gasteiger partial charge < -0.3 is 15.6 Å². The normalized spacial score (nSPS) is 14.9. The smallest absolute Gasteiger partial charge is 0.366 e.